The van der Waals surface area contributed by atoms with E-state index < -0.39 is 25.9 Å². The number of carboxylic acid groups (broad SMARTS) is 1. The maximum absolute atomic E-state index is 11.8. The van der Waals surface area contributed by atoms with Crippen LogP contribution in [0.25, 0.3) is 0 Å². The van der Waals surface area contributed by atoms with Gasteiger partial charge in [-0.05, 0) is 19.8 Å². The van der Waals surface area contributed by atoms with Crippen molar-refractivity contribution in [3.8, 4) is 0 Å². The number of unbranched alkanes of at least 4 members (excludes halogenated alkanes) is 13. The number of carbonyl (C=O) groups is 2. The molecule has 34 heavy (non-hydrogen) atoms. The van der Waals surface area contributed by atoms with Crippen LogP contribution >= 0.6 is 7.82 Å². The van der Waals surface area contributed by atoms with Gasteiger partial charge in [-0.25, -0.2) is 4.57 Å². The average Bonchev–Trinajstić information content (AvgIpc) is 2.78. The lowest BCUT2D eigenvalue weighted by Gasteiger charge is -2.19. The summed E-state index contributed by atoms with van der Waals surface area (Å²) in [5.74, 6) is -1.73. The third-order valence-corrected chi connectivity index (χ3v) is 6.74. The zero-order valence-electron chi connectivity index (χ0n) is 21.3. The van der Waals surface area contributed by atoms with E-state index in [0.29, 0.717) is 6.61 Å². The Morgan fingerprint density at radius 2 is 1.29 bits per heavy atom. The second-order valence-corrected chi connectivity index (χ2v) is 10.3. The van der Waals surface area contributed by atoms with Gasteiger partial charge in [-0.2, -0.15) is 0 Å². The molecule has 0 amide bonds. The first-order valence-electron chi connectivity index (χ1n) is 13.0. The second-order valence-electron chi connectivity index (χ2n) is 8.90. The summed E-state index contributed by atoms with van der Waals surface area (Å²) >= 11 is 0. The molecule has 4 N–H and O–H groups in total. The Kier molecular flexibility index (Phi) is 20.7. The van der Waals surface area contributed by atoms with Crippen molar-refractivity contribution in [2.24, 2.45) is 5.73 Å². The minimum atomic E-state index is -4.45. The Hall–Kier alpha value is -0.990. The number of esters is 1. The van der Waals surface area contributed by atoms with Crippen LogP contribution < -0.4 is 5.73 Å². The summed E-state index contributed by atoms with van der Waals surface area (Å²) in [7, 11) is -4.45. The summed E-state index contributed by atoms with van der Waals surface area (Å²) in [6.45, 7) is 3.69. The molecule has 0 fully saturated rings. The molecular formula is C24H48NO8P. The highest BCUT2D eigenvalue weighted by Crippen LogP contribution is 2.45. The third-order valence-electron chi connectivity index (χ3n) is 5.63. The van der Waals surface area contributed by atoms with E-state index in [0.717, 1.165) is 19.3 Å². The number of carboxylic acids is 1. The Morgan fingerprint density at radius 3 is 1.76 bits per heavy atom. The van der Waals surface area contributed by atoms with E-state index in [1.807, 2.05) is 0 Å². The summed E-state index contributed by atoms with van der Waals surface area (Å²) in [4.78, 5) is 32.0. The zero-order chi connectivity index (χ0) is 25.7. The highest BCUT2D eigenvalue weighted by Gasteiger charge is 2.30. The molecule has 1 unspecified atom stereocenters. The Labute approximate surface area is 205 Å². The molecule has 0 aliphatic heterocycles. The zero-order valence-corrected chi connectivity index (χ0v) is 22.1. The van der Waals surface area contributed by atoms with Crippen LogP contribution in [0, 0.1) is 0 Å². The molecule has 0 aliphatic rings. The molecule has 0 heterocycles. The molecule has 9 nitrogen and oxygen atoms in total. The number of nitrogens with two attached hydrogens (primary N) is 1. The first kappa shape index (κ1) is 33.0. The van der Waals surface area contributed by atoms with Gasteiger partial charge in [0, 0.05) is 6.42 Å². The van der Waals surface area contributed by atoms with Gasteiger partial charge < -0.3 is 20.5 Å². The molecule has 202 valence electrons. The van der Waals surface area contributed by atoms with Crippen molar-refractivity contribution in [1.82, 2.24) is 0 Å². The van der Waals surface area contributed by atoms with Crippen LogP contribution in [0.3, 0.4) is 0 Å². The predicted molar refractivity (Wildman–Crippen MR) is 132 cm³/mol. The average molecular weight is 510 g/mol. The molecule has 0 rings (SSSR count). The maximum Gasteiger partial charge on any atom is 0.472 e. The molecule has 3 atom stereocenters. The van der Waals surface area contributed by atoms with E-state index in [9.17, 15) is 19.0 Å². The maximum atomic E-state index is 11.8. The quantitative estimate of drug-likeness (QED) is 0.0844. The fourth-order valence-electron chi connectivity index (χ4n) is 3.46. The first-order chi connectivity index (χ1) is 16.2. The number of hydrogen-bond acceptors (Lipinski definition) is 7. The Balaban J connectivity index is 3.52. The van der Waals surface area contributed by atoms with Crippen LogP contribution in [-0.4, -0.2) is 47.3 Å². The minimum Gasteiger partial charge on any atom is -0.480 e. The highest BCUT2D eigenvalue weighted by atomic mass is 31.2. The second kappa shape index (κ2) is 21.3. The number of rotatable bonds is 24. The van der Waals surface area contributed by atoms with Gasteiger partial charge in [-0.15, -0.1) is 0 Å². The normalized spacial score (nSPS) is 14.9. The van der Waals surface area contributed by atoms with Crippen molar-refractivity contribution in [1.29, 1.82) is 0 Å². The molecular weight excluding hydrogens is 461 g/mol. The van der Waals surface area contributed by atoms with E-state index in [2.05, 4.69) is 6.92 Å². The fourth-order valence-corrected chi connectivity index (χ4v) is 4.43. The summed E-state index contributed by atoms with van der Waals surface area (Å²) in [6.07, 6.45) is 16.8. The lowest BCUT2D eigenvalue weighted by Crippen LogP contribution is -2.41. The SMILES string of the molecule is CCCCCCCCCCCCCCCCOC(=O)CCCOP(=O)(O)O[C@H](C)[C@H](N)C(=O)O. The molecule has 10 heteroatoms. The molecule has 0 aromatic heterocycles. The standard InChI is InChI=1S/C24H48NO8P/c1-3-4-5-6-7-8-9-10-11-12-13-14-15-16-19-31-22(26)18-17-20-32-34(29,30)33-21(2)23(25)24(27)28/h21,23H,3-20,25H2,1-2H3,(H,27,28)(H,29,30)/t21-,23+/m1/s1. The monoisotopic (exact) mass is 509 g/mol. The van der Waals surface area contributed by atoms with Crippen molar-refractivity contribution in [3.05, 3.63) is 0 Å². The van der Waals surface area contributed by atoms with E-state index in [-0.39, 0.29) is 25.4 Å². The van der Waals surface area contributed by atoms with Crippen molar-refractivity contribution >= 4 is 19.8 Å². The molecule has 0 aliphatic carbocycles. The lowest BCUT2D eigenvalue weighted by atomic mass is 10.0. The first-order valence-corrected chi connectivity index (χ1v) is 14.5. The van der Waals surface area contributed by atoms with Gasteiger partial charge in [0.2, 0.25) is 0 Å². The predicted octanol–water partition coefficient (Wildman–Crippen LogP) is 5.73. The van der Waals surface area contributed by atoms with Crippen LogP contribution in [0.1, 0.15) is 117 Å². The molecule has 0 saturated carbocycles. The summed E-state index contributed by atoms with van der Waals surface area (Å²) < 4.78 is 26.4. The van der Waals surface area contributed by atoms with Gasteiger partial charge in [0.05, 0.1) is 19.3 Å². The van der Waals surface area contributed by atoms with Crippen molar-refractivity contribution in [2.45, 2.75) is 129 Å². The van der Waals surface area contributed by atoms with Crippen LogP contribution in [0.5, 0.6) is 0 Å². The highest BCUT2D eigenvalue weighted by molar-refractivity contribution is 7.47. The minimum absolute atomic E-state index is 0.0583. The van der Waals surface area contributed by atoms with Crippen LogP contribution in [0.2, 0.25) is 0 Å². The number of phosphoric acid groups is 1. The fraction of sp³-hybridized carbons (Fsp3) is 0.917. The number of ether oxygens (including phenoxy) is 1. The topological polar surface area (TPSA) is 145 Å². The van der Waals surface area contributed by atoms with E-state index in [1.165, 1.54) is 77.6 Å². The van der Waals surface area contributed by atoms with E-state index in [1.54, 1.807) is 0 Å². The van der Waals surface area contributed by atoms with Crippen molar-refractivity contribution in [3.63, 3.8) is 0 Å². The number of carbonyl (C=O) groups excluding carboxylic acids is 1. The van der Waals surface area contributed by atoms with E-state index >= 15 is 0 Å². The Morgan fingerprint density at radius 1 is 0.824 bits per heavy atom. The molecule has 0 aromatic carbocycles. The van der Waals surface area contributed by atoms with Gasteiger partial charge in [-0.1, -0.05) is 90.4 Å². The van der Waals surface area contributed by atoms with Gasteiger partial charge in [0.25, 0.3) is 0 Å². The lowest BCUT2D eigenvalue weighted by molar-refractivity contribution is -0.144. The summed E-state index contributed by atoms with van der Waals surface area (Å²) in [5.41, 5.74) is 5.32. The molecule has 0 spiro atoms. The van der Waals surface area contributed by atoms with E-state index in [4.69, 9.17) is 24.6 Å². The molecule has 0 radical (unpaired) electrons. The largest absolute Gasteiger partial charge is 0.480 e. The third kappa shape index (κ3) is 20.4. The van der Waals surface area contributed by atoms with Crippen LogP contribution in [0.15, 0.2) is 0 Å². The summed E-state index contributed by atoms with van der Waals surface area (Å²) in [5, 5.41) is 8.76. The van der Waals surface area contributed by atoms with Crippen molar-refractivity contribution in [2.75, 3.05) is 13.2 Å². The van der Waals surface area contributed by atoms with Gasteiger partial charge in [0.15, 0.2) is 0 Å². The Bertz CT molecular complexity index is 575. The molecule has 0 bridgehead atoms. The number of hydrogen-bond donors (Lipinski definition) is 3. The smallest absolute Gasteiger partial charge is 0.472 e. The van der Waals surface area contributed by atoms with Gasteiger partial charge in [0.1, 0.15) is 6.04 Å². The summed E-state index contributed by atoms with van der Waals surface area (Å²) in [6, 6.07) is -1.45. The van der Waals surface area contributed by atoms with Gasteiger partial charge in [-0.3, -0.25) is 18.6 Å². The van der Waals surface area contributed by atoms with Crippen LogP contribution in [0.4, 0.5) is 0 Å². The van der Waals surface area contributed by atoms with Gasteiger partial charge >= 0.3 is 19.8 Å². The van der Waals surface area contributed by atoms with Crippen molar-refractivity contribution < 1.29 is 37.9 Å². The molecule has 0 aromatic rings. The molecule has 0 saturated heterocycles. The number of aliphatic carboxylic acids is 1. The van der Waals surface area contributed by atoms with Crippen LogP contribution in [-0.2, 0) is 27.9 Å². The number of phosphoric ester groups is 1.